The second kappa shape index (κ2) is 9.74. The van der Waals surface area contributed by atoms with Gasteiger partial charge in [0.2, 0.25) is 5.91 Å². The molecule has 4 rings (SSSR count). The summed E-state index contributed by atoms with van der Waals surface area (Å²) >= 11 is 1.55. The summed E-state index contributed by atoms with van der Waals surface area (Å²) in [6.07, 6.45) is 1.59. The van der Waals surface area contributed by atoms with Crippen LogP contribution in [0.3, 0.4) is 0 Å². The fourth-order valence-electron chi connectivity index (χ4n) is 3.41. The summed E-state index contributed by atoms with van der Waals surface area (Å²) in [6, 6.07) is 17.4. The number of benzene rings is 2. The van der Waals surface area contributed by atoms with Gasteiger partial charge in [-0.3, -0.25) is 9.59 Å². The average molecular weight is 451 g/mol. The smallest absolute Gasteiger partial charge is 0.338 e. The molecule has 1 aromatic heterocycles. The molecule has 2 heterocycles. The van der Waals surface area contributed by atoms with Crippen LogP contribution in [0.2, 0.25) is 0 Å². The summed E-state index contributed by atoms with van der Waals surface area (Å²) in [5.41, 5.74) is 2.29. The number of anilines is 1. The van der Waals surface area contributed by atoms with Crippen molar-refractivity contribution in [2.75, 3.05) is 17.7 Å². The molecule has 2 aromatic carbocycles. The largest absolute Gasteiger partial charge is 0.467 e. The maximum absolute atomic E-state index is 12.7. The number of nitrogens with zero attached hydrogens (tertiary/aromatic N) is 1. The van der Waals surface area contributed by atoms with E-state index in [4.69, 9.17) is 9.15 Å². The number of carbonyl (C=O) groups is 3. The fraction of sp³-hybridized carbons (Fsp3) is 0.208. The number of carbonyl (C=O) groups excluding carboxylic acids is 3. The summed E-state index contributed by atoms with van der Waals surface area (Å²) in [6.45, 7) is 2.43. The first kappa shape index (κ1) is 21.7. The number of ether oxygens (including phenoxy) is 1. The number of furan rings is 1. The van der Waals surface area contributed by atoms with Crippen molar-refractivity contribution in [2.45, 2.75) is 18.8 Å². The van der Waals surface area contributed by atoms with Crippen molar-refractivity contribution in [1.82, 2.24) is 4.90 Å². The van der Waals surface area contributed by atoms with Crippen LogP contribution in [0.25, 0.3) is 0 Å². The van der Waals surface area contributed by atoms with Crippen LogP contribution in [0.4, 0.5) is 5.69 Å². The molecule has 8 heteroatoms. The first-order valence-electron chi connectivity index (χ1n) is 10.2. The molecule has 1 N–H and O–H groups in total. The van der Waals surface area contributed by atoms with Gasteiger partial charge in [0.05, 0.1) is 30.7 Å². The van der Waals surface area contributed by atoms with E-state index in [2.05, 4.69) is 5.32 Å². The van der Waals surface area contributed by atoms with Crippen LogP contribution in [0.15, 0.2) is 71.3 Å². The molecule has 0 spiro atoms. The molecule has 0 bridgehead atoms. The van der Waals surface area contributed by atoms with Crippen LogP contribution in [0.1, 0.15) is 44.3 Å². The molecule has 32 heavy (non-hydrogen) atoms. The zero-order valence-corrected chi connectivity index (χ0v) is 18.3. The summed E-state index contributed by atoms with van der Waals surface area (Å²) in [5, 5.41) is 2.67. The molecule has 0 aliphatic carbocycles. The summed E-state index contributed by atoms with van der Waals surface area (Å²) < 4.78 is 10.4. The third kappa shape index (κ3) is 4.86. The summed E-state index contributed by atoms with van der Waals surface area (Å²) in [7, 11) is 0. The standard InChI is InChI=1S/C24H22N2O5S/c1-2-30-24(29)18-5-3-6-19(13-18)25-22(28)16-8-10-17(11-9-16)23-26(21(27)15-32-23)14-20-7-4-12-31-20/h3-13,23H,2,14-15H2,1H3,(H,25,28)/t23-/m0/s1. The molecule has 7 nitrogen and oxygen atoms in total. The minimum Gasteiger partial charge on any atom is -0.467 e. The van der Waals surface area contributed by atoms with Crippen molar-refractivity contribution in [3.8, 4) is 0 Å². The highest BCUT2D eigenvalue weighted by Crippen LogP contribution is 2.39. The molecule has 0 unspecified atom stereocenters. The highest BCUT2D eigenvalue weighted by molar-refractivity contribution is 8.00. The van der Waals surface area contributed by atoms with E-state index in [-0.39, 0.29) is 23.8 Å². The zero-order valence-electron chi connectivity index (χ0n) is 17.4. The SMILES string of the molecule is CCOC(=O)c1cccc(NC(=O)c2ccc([C@@H]3SCC(=O)N3Cc3ccco3)cc2)c1. The van der Waals surface area contributed by atoms with Gasteiger partial charge < -0.3 is 19.4 Å². The highest BCUT2D eigenvalue weighted by Gasteiger charge is 2.33. The van der Waals surface area contributed by atoms with Crippen molar-refractivity contribution in [1.29, 1.82) is 0 Å². The first-order valence-corrected chi connectivity index (χ1v) is 11.2. The molecule has 3 aromatic rings. The fourth-order valence-corrected chi connectivity index (χ4v) is 4.60. The molecular weight excluding hydrogens is 428 g/mol. The van der Waals surface area contributed by atoms with Crippen LogP contribution in [-0.4, -0.2) is 35.0 Å². The van der Waals surface area contributed by atoms with Gasteiger partial charge in [0.25, 0.3) is 5.91 Å². The summed E-state index contributed by atoms with van der Waals surface area (Å²) in [5.74, 6) is 0.465. The minimum absolute atomic E-state index is 0.0553. The number of thioether (sulfide) groups is 1. The van der Waals surface area contributed by atoms with E-state index in [9.17, 15) is 14.4 Å². The van der Waals surface area contributed by atoms with E-state index in [1.807, 2.05) is 18.2 Å². The normalized spacial score (nSPS) is 15.6. The van der Waals surface area contributed by atoms with Crippen molar-refractivity contribution in [3.63, 3.8) is 0 Å². The Bertz CT molecular complexity index is 1110. The number of amides is 2. The third-order valence-electron chi connectivity index (χ3n) is 4.96. The molecule has 1 aliphatic heterocycles. The topological polar surface area (TPSA) is 88.8 Å². The quantitative estimate of drug-likeness (QED) is 0.534. The molecule has 1 fully saturated rings. The van der Waals surface area contributed by atoms with Crippen molar-refractivity contribution in [2.24, 2.45) is 0 Å². The van der Waals surface area contributed by atoms with E-state index >= 15 is 0 Å². The van der Waals surface area contributed by atoms with Gasteiger partial charge in [-0.05, 0) is 55.0 Å². The first-order chi connectivity index (χ1) is 15.5. The van der Waals surface area contributed by atoms with E-state index < -0.39 is 5.97 Å². The number of esters is 1. The van der Waals surface area contributed by atoms with Gasteiger partial charge in [0, 0.05) is 11.3 Å². The number of nitrogens with one attached hydrogen (secondary N) is 1. The Morgan fingerprint density at radius 2 is 1.94 bits per heavy atom. The second-order valence-corrected chi connectivity index (χ2v) is 8.21. The van der Waals surface area contributed by atoms with E-state index in [0.717, 1.165) is 11.3 Å². The average Bonchev–Trinajstić information content (AvgIpc) is 3.45. The predicted octanol–water partition coefficient (Wildman–Crippen LogP) is 4.48. The predicted molar refractivity (Wildman–Crippen MR) is 121 cm³/mol. The summed E-state index contributed by atoms with van der Waals surface area (Å²) in [4.78, 5) is 38.7. The maximum atomic E-state index is 12.7. The Kier molecular flexibility index (Phi) is 6.61. The molecule has 0 radical (unpaired) electrons. The zero-order chi connectivity index (χ0) is 22.5. The van der Waals surface area contributed by atoms with Crippen LogP contribution in [0, 0.1) is 0 Å². The van der Waals surface area contributed by atoms with Crippen LogP contribution in [-0.2, 0) is 16.1 Å². The van der Waals surface area contributed by atoms with Gasteiger partial charge in [-0.25, -0.2) is 4.79 Å². The number of hydrogen-bond acceptors (Lipinski definition) is 6. The van der Waals surface area contributed by atoms with E-state index in [1.165, 1.54) is 0 Å². The maximum Gasteiger partial charge on any atom is 0.338 e. The highest BCUT2D eigenvalue weighted by atomic mass is 32.2. The Hall–Kier alpha value is -3.52. The van der Waals surface area contributed by atoms with Gasteiger partial charge in [-0.2, -0.15) is 0 Å². The van der Waals surface area contributed by atoms with Gasteiger partial charge in [-0.15, -0.1) is 11.8 Å². The molecule has 2 amide bonds. The lowest BCUT2D eigenvalue weighted by molar-refractivity contribution is -0.128. The van der Waals surface area contributed by atoms with Crippen molar-refractivity contribution in [3.05, 3.63) is 89.4 Å². The lowest BCUT2D eigenvalue weighted by Gasteiger charge is -2.23. The Morgan fingerprint density at radius 1 is 1.12 bits per heavy atom. The lowest BCUT2D eigenvalue weighted by Crippen LogP contribution is -2.27. The third-order valence-corrected chi connectivity index (χ3v) is 6.22. The molecule has 164 valence electrons. The van der Waals surface area contributed by atoms with Gasteiger partial charge in [-0.1, -0.05) is 18.2 Å². The van der Waals surface area contributed by atoms with Gasteiger partial charge >= 0.3 is 5.97 Å². The molecule has 1 saturated heterocycles. The second-order valence-electron chi connectivity index (χ2n) is 7.14. The lowest BCUT2D eigenvalue weighted by atomic mass is 10.1. The van der Waals surface area contributed by atoms with Crippen LogP contribution < -0.4 is 5.32 Å². The molecular formula is C24H22N2O5S. The molecule has 0 saturated carbocycles. The number of rotatable bonds is 7. The van der Waals surface area contributed by atoms with Crippen molar-refractivity contribution >= 4 is 35.2 Å². The number of hydrogen-bond donors (Lipinski definition) is 1. The van der Waals surface area contributed by atoms with Crippen LogP contribution in [0.5, 0.6) is 0 Å². The van der Waals surface area contributed by atoms with Crippen molar-refractivity contribution < 1.29 is 23.5 Å². The van der Waals surface area contributed by atoms with Gasteiger partial charge in [0.1, 0.15) is 11.1 Å². The Labute approximate surface area is 189 Å². The molecule has 1 atom stereocenters. The monoisotopic (exact) mass is 450 g/mol. The minimum atomic E-state index is -0.435. The Morgan fingerprint density at radius 3 is 2.66 bits per heavy atom. The van der Waals surface area contributed by atoms with Crippen LogP contribution >= 0.6 is 11.8 Å². The molecule has 1 aliphatic rings. The van der Waals surface area contributed by atoms with E-state index in [0.29, 0.717) is 29.1 Å². The van der Waals surface area contributed by atoms with E-state index in [1.54, 1.807) is 72.3 Å². The van der Waals surface area contributed by atoms with Gasteiger partial charge in [0.15, 0.2) is 0 Å². The Balaban J connectivity index is 1.44.